The third-order valence-electron chi connectivity index (χ3n) is 3.20. The van der Waals surface area contributed by atoms with Crippen LogP contribution in [0.25, 0.3) is 0 Å². The lowest BCUT2D eigenvalue weighted by Crippen LogP contribution is -2.33. The maximum absolute atomic E-state index is 11.5. The van der Waals surface area contributed by atoms with Crippen LogP contribution in [0, 0.1) is 5.92 Å². The molecule has 0 unspecified atom stereocenters. The number of alkyl carbamates (subject to hydrolysis) is 1. The Hall–Kier alpha value is -1.84. The molecule has 0 saturated heterocycles. The van der Waals surface area contributed by atoms with Crippen molar-refractivity contribution in [3.05, 3.63) is 35.9 Å². The highest BCUT2D eigenvalue weighted by molar-refractivity contribution is 5.68. The highest BCUT2D eigenvalue weighted by Gasteiger charge is 2.25. The van der Waals surface area contributed by atoms with E-state index < -0.39 is 6.09 Å². The summed E-state index contributed by atoms with van der Waals surface area (Å²) >= 11 is 0. The van der Waals surface area contributed by atoms with Gasteiger partial charge in [0.25, 0.3) is 0 Å². The van der Waals surface area contributed by atoms with Gasteiger partial charge in [0.1, 0.15) is 12.9 Å². The number of nitrogens with one attached hydrogen (secondary N) is 1. The van der Waals surface area contributed by atoms with Gasteiger partial charge < -0.3 is 14.8 Å². The van der Waals surface area contributed by atoms with Crippen LogP contribution in [0.5, 0.6) is 0 Å². The third-order valence-corrected chi connectivity index (χ3v) is 3.20. The van der Waals surface area contributed by atoms with E-state index in [0.29, 0.717) is 0 Å². The van der Waals surface area contributed by atoms with Gasteiger partial charge in [-0.3, -0.25) is 0 Å². The second-order valence-corrected chi connectivity index (χ2v) is 4.61. The van der Waals surface area contributed by atoms with E-state index in [1.165, 1.54) is 0 Å². The van der Waals surface area contributed by atoms with Gasteiger partial charge in [0.05, 0.1) is 0 Å². The van der Waals surface area contributed by atoms with Crippen molar-refractivity contribution in [1.29, 1.82) is 0 Å². The first-order valence-electron chi connectivity index (χ1n) is 6.20. The van der Waals surface area contributed by atoms with E-state index >= 15 is 0 Å². The van der Waals surface area contributed by atoms with Gasteiger partial charge in [0.15, 0.2) is 0 Å². The summed E-state index contributed by atoms with van der Waals surface area (Å²) in [5.74, 6) is 0.0874. The highest BCUT2D eigenvalue weighted by atomic mass is 16.5. The molecule has 0 bridgehead atoms. The third kappa shape index (κ3) is 3.58. The fraction of sp³-hybridized carbons (Fsp3) is 0.429. The first kappa shape index (κ1) is 12.6. The molecular formula is C14H17NO3. The van der Waals surface area contributed by atoms with Crippen LogP contribution in [0.1, 0.15) is 24.8 Å². The van der Waals surface area contributed by atoms with Gasteiger partial charge in [0.2, 0.25) is 0 Å². The fourth-order valence-electron chi connectivity index (χ4n) is 2.20. The molecule has 1 amide bonds. The van der Waals surface area contributed by atoms with Gasteiger partial charge in [-0.05, 0) is 24.8 Å². The quantitative estimate of drug-likeness (QED) is 0.830. The van der Waals surface area contributed by atoms with Crippen molar-refractivity contribution in [1.82, 2.24) is 5.32 Å². The summed E-state index contributed by atoms with van der Waals surface area (Å²) in [4.78, 5) is 22.2. The van der Waals surface area contributed by atoms with E-state index in [4.69, 9.17) is 4.74 Å². The molecule has 1 fully saturated rings. The van der Waals surface area contributed by atoms with E-state index in [2.05, 4.69) is 5.32 Å². The molecule has 4 heteroatoms. The van der Waals surface area contributed by atoms with E-state index in [0.717, 1.165) is 31.1 Å². The zero-order valence-electron chi connectivity index (χ0n) is 10.2. The average Bonchev–Trinajstić information content (AvgIpc) is 2.85. The molecule has 96 valence electrons. The molecule has 2 rings (SSSR count). The van der Waals surface area contributed by atoms with Gasteiger partial charge >= 0.3 is 6.09 Å². The van der Waals surface area contributed by atoms with E-state index in [9.17, 15) is 9.59 Å². The predicted octanol–water partition coefficient (Wildman–Crippen LogP) is 2.28. The second kappa shape index (κ2) is 6.19. The molecule has 0 heterocycles. The summed E-state index contributed by atoms with van der Waals surface area (Å²) in [5, 5.41) is 2.79. The number of benzene rings is 1. The van der Waals surface area contributed by atoms with Gasteiger partial charge in [-0.2, -0.15) is 0 Å². The zero-order valence-corrected chi connectivity index (χ0v) is 10.2. The Balaban J connectivity index is 1.71. The van der Waals surface area contributed by atoms with Crippen molar-refractivity contribution in [2.45, 2.75) is 31.9 Å². The van der Waals surface area contributed by atoms with Gasteiger partial charge in [-0.15, -0.1) is 0 Å². The van der Waals surface area contributed by atoms with Crippen molar-refractivity contribution in [2.75, 3.05) is 0 Å². The molecule has 18 heavy (non-hydrogen) atoms. The zero-order chi connectivity index (χ0) is 12.8. The Morgan fingerprint density at radius 2 is 2.11 bits per heavy atom. The highest BCUT2D eigenvalue weighted by Crippen LogP contribution is 2.23. The molecule has 0 radical (unpaired) electrons. The maximum atomic E-state index is 11.5. The summed E-state index contributed by atoms with van der Waals surface area (Å²) in [6.07, 6.45) is 2.99. The van der Waals surface area contributed by atoms with Crippen LogP contribution in [-0.2, 0) is 16.1 Å². The summed E-state index contributed by atoms with van der Waals surface area (Å²) in [6, 6.07) is 9.62. The van der Waals surface area contributed by atoms with Crippen molar-refractivity contribution in [2.24, 2.45) is 5.92 Å². The topological polar surface area (TPSA) is 55.4 Å². The summed E-state index contributed by atoms with van der Waals surface area (Å²) in [5.41, 5.74) is 0.963. The van der Waals surface area contributed by atoms with Gasteiger partial charge in [-0.25, -0.2) is 4.79 Å². The minimum Gasteiger partial charge on any atom is -0.445 e. The van der Waals surface area contributed by atoms with E-state index in [1.54, 1.807) is 0 Å². The molecule has 0 aromatic heterocycles. The van der Waals surface area contributed by atoms with Crippen LogP contribution >= 0.6 is 0 Å². The molecular weight excluding hydrogens is 230 g/mol. The normalized spacial score (nSPS) is 22.4. The SMILES string of the molecule is O=C[C@@H]1CC[C@H](NC(=O)OCc2ccccc2)C1. The monoisotopic (exact) mass is 247 g/mol. The number of carbonyl (C=O) groups is 2. The first-order valence-corrected chi connectivity index (χ1v) is 6.20. The van der Waals surface area contributed by atoms with Crippen molar-refractivity contribution >= 4 is 12.4 Å². The van der Waals surface area contributed by atoms with Gasteiger partial charge in [0, 0.05) is 12.0 Å². The molecule has 1 aromatic rings. The van der Waals surface area contributed by atoms with Crippen molar-refractivity contribution in [3.8, 4) is 0 Å². The molecule has 1 aromatic carbocycles. The summed E-state index contributed by atoms with van der Waals surface area (Å²) < 4.78 is 5.12. The lowest BCUT2D eigenvalue weighted by molar-refractivity contribution is -0.110. The molecule has 1 aliphatic rings. The van der Waals surface area contributed by atoms with Crippen LogP contribution < -0.4 is 5.32 Å². The number of hydrogen-bond donors (Lipinski definition) is 1. The lowest BCUT2D eigenvalue weighted by Gasteiger charge is -2.12. The van der Waals surface area contributed by atoms with E-state index in [1.807, 2.05) is 30.3 Å². The summed E-state index contributed by atoms with van der Waals surface area (Å²) in [6.45, 7) is 0.274. The number of carbonyl (C=O) groups excluding carboxylic acids is 2. The molecule has 1 aliphatic carbocycles. The van der Waals surface area contributed by atoms with Crippen LogP contribution in [0.2, 0.25) is 0 Å². The molecule has 4 nitrogen and oxygen atoms in total. The van der Waals surface area contributed by atoms with Crippen LogP contribution in [0.4, 0.5) is 4.79 Å². The minimum absolute atomic E-state index is 0.0727. The lowest BCUT2D eigenvalue weighted by atomic mass is 10.1. The van der Waals surface area contributed by atoms with Crippen LogP contribution in [0.3, 0.4) is 0 Å². The predicted molar refractivity (Wildman–Crippen MR) is 67.0 cm³/mol. The number of hydrogen-bond acceptors (Lipinski definition) is 3. The number of amides is 1. The Labute approximate surface area is 106 Å². The Morgan fingerprint density at radius 3 is 2.78 bits per heavy atom. The molecule has 1 N–H and O–H groups in total. The largest absolute Gasteiger partial charge is 0.445 e. The summed E-state index contributed by atoms with van der Waals surface area (Å²) in [7, 11) is 0. The number of aldehydes is 1. The van der Waals surface area contributed by atoms with Crippen LogP contribution in [-0.4, -0.2) is 18.4 Å². The maximum Gasteiger partial charge on any atom is 0.407 e. The smallest absolute Gasteiger partial charge is 0.407 e. The fourth-order valence-corrected chi connectivity index (χ4v) is 2.20. The second-order valence-electron chi connectivity index (χ2n) is 4.61. The van der Waals surface area contributed by atoms with E-state index in [-0.39, 0.29) is 18.6 Å². The minimum atomic E-state index is -0.407. The molecule has 0 spiro atoms. The number of ether oxygens (including phenoxy) is 1. The molecule has 0 aliphatic heterocycles. The van der Waals surface area contributed by atoms with Crippen molar-refractivity contribution in [3.63, 3.8) is 0 Å². The Kier molecular flexibility index (Phi) is 4.34. The standard InChI is InChI=1S/C14H17NO3/c16-9-12-6-7-13(8-12)15-14(17)18-10-11-4-2-1-3-5-11/h1-5,9,12-13H,6-8,10H2,(H,15,17)/t12-,13+/m1/s1. The number of rotatable bonds is 4. The van der Waals surface area contributed by atoms with Crippen LogP contribution in [0.15, 0.2) is 30.3 Å². The molecule has 2 atom stereocenters. The first-order chi connectivity index (χ1) is 8.78. The Morgan fingerprint density at radius 1 is 1.33 bits per heavy atom. The molecule has 1 saturated carbocycles. The Bertz CT molecular complexity index is 405. The average molecular weight is 247 g/mol. The van der Waals surface area contributed by atoms with Gasteiger partial charge in [-0.1, -0.05) is 30.3 Å². The van der Waals surface area contributed by atoms with Crippen molar-refractivity contribution < 1.29 is 14.3 Å².